The van der Waals surface area contributed by atoms with Crippen molar-refractivity contribution in [2.75, 3.05) is 5.32 Å². The van der Waals surface area contributed by atoms with Crippen molar-refractivity contribution in [3.05, 3.63) is 17.0 Å². The van der Waals surface area contributed by atoms with Gasteiger partial charge in [-0.1, -0.05) is 39.3 Å². The van der Waals surface area contributed by atoms with Crippen molar-refractivity contribution in [1.82, 2.24) is 9.97 Å². The molecule has 1 heterocycles. The zero-order valence-corrected chi connectivity index (χ0v) is 13.0. The predicted octanol–water partition coefficient (Wildman–Crippen LogP) is 4.32. The Hall–Kier alpha value is -0.830. The number of nitrogens with one attached hydrogen (secondary N) is 1. The van der Waals surface area contributed by atoms with Crippen LogP contribution in [0.4, 0.5) is 5.82 Å². The summed E-state index contributed by atoms with van der Waals surface area (Å²) in [5.41, 5.74) is 0.238. The second-order valence-corrected chi connectivity index (χ2v) is 6.98. The number of halogens is 1. The van der Waals surface area contributed by atoms with Gasteiger partial charge in [-0.2, -0.15) is 0 Å². The molecule has 0 aliphatic carbocycles. The van der Waals surface area contributed by atoms with Crippen molar-refractivity contribution in [1.29, 1.82) is 0 Å². The van der Waals surface area contributed by atoms with Crippen molar-refractivity contribution < 1.29 is 0 Å². The van der Waals surface area contributed by atoms with Gasteiger partial charge in [-0.25, -0.2) is 9.97 Å². The van der Waals surface area contributed by atoms with Gasteiger partial charge >= 0.3 is 0 Å². The van der Waals surface area contributed by atoms with Crippen molar-refractivity contribution >= 4 is 17.4 Å². The highest BCUT2D eigenvalue weighted by molar-refractivity contribution is 6.29. The lowest BCUT2D eigenvalue weighted by atomic mass is 9.82. The van der Waals surface area contributed by atoms with E-state index in [9.17, 15) is 0 Å². The first-order valence-electron chi connectivity index (χ1n) is 6.43. The highest BCUT2D eigenvalue weighted by atomic mass is 35.5. The molecule has 1 rings (SSSR count). The van der Waals surface area contributed by atoms with Crippen LogP contribution in [0.5, 0.6) is 0 Å². The number of hydrogen-bond acceptors (Lipinski definition) is 3. The molecular weight excluding hydrogens is 246 g/mol. The zero-order chi connectivity index (χ0) is 14.0. The Morgan fingerprint density at radius 3 is 2.28 bits per heavy atom. The fraction of sp³-hybridized carbons (Fsp3) is 0.714. The van der Waals surface area contributed by atoms with Crippen LogP contribution in [0, 0.1) is 5.41 Å². The highest BCUT2D eigenvalue weighted by Crippen LogP contribution is 2.29. The van der Waals surface area contributed by atoms with Gasteiger partial charge in [-0.15, -0.1) is 0 Å². The minimum Gasteiger partial charge on any atom is -0.365 e. The molecule has 0 saturated heterocycles. The number of anilines is 1. The summed E-state index contributed by atoms with van der Waals surface area (Å²) in [5, 5.41) is 3.95. The fourth-order valence-electron chi connectivity index (χ4n) is 2.40. The van der Waals surface area contributed by atoms with E-state index in [1.807, 2.05) is 6.92 Å². The fourth-order valence-corrected chi connectivity index (χ4v) is 2.60. The lowest BCUT2D eigenvalue weighted by Gasteiger charge is -2.33. The topological polar surface area (TPSA) is 37.8 Å². The molecule has 3 nitrogen and oxygen atoms in total. The first-order chi connectivity index (χ1) is 8.11. The minimum absolute atomic E-state index is 0.0268. The predicted molar refractivity (Wildman–Crippen MR) is 78.2 cm³/mol. The maximum absolute atomic E-state index is 6.00. The first kappa shape index (κ1) is 15.2. The molecule has 4 heteroatoms. The van der Waals surface area contributed by atoms with Gasteiger partial charge in [0.1, 0.15) is 16.8 Å². The van der Waals surface area contributed by atoms with Crippen LogP contribution in [0.3, 0.4) is 0 Å². The third-order valence-electron chi connectivity index (χ3n) is 2.50. The molecule has 0 radical (unpaired) electrons. The molecule has 0 aliphatic heterocycles. The van der Waals surface area contributed by atoms with Crippen LogP contribution in [0.15, 0.2) is 6.07 Å². The largest absolute Gasteiger partial charge is 0.365 e. The van der Waals surface area contributed by atoms with Crippen LogP contribution >= 0.6 is 11.6 Å². The van der Waals surface area contributed by atoms with Gasteiger partial charge in [-0.3, -0.25) is 0 Å². The lowest BCUT2D eigenvalue weighted by molar-refractivity contribution is 0.302. The molecule has 0 fully saturated rings. The van der Waals surface area contributed by atoms with Crippen molar-refractivity contribution in [2.45, 2.75) is 59.9 Å². The Morgan fingerprint density at radius 1 is 1.17 bits per heavy atom. The molecule has 0 spiro atoms. The zero-order valence-electron chi connectivity index (χ0n) is 12.3. The molecule has 0 amide bonds. The van der Waals surface area contributed by atoms with E-state index in [4.69, 9.17) is 11.6 Å². The Kier molecular flexibility index (Phi) is 4.60. The van der Waals surface area contributed by atoms with Gasteiger partial charge in [0.05, 0.1) is 0 Å². The molecule has 0 unspecified atom stereocenters. The van der Waals surface area contributed by atoms with Crippen LogP contribution in [-0.4, -0.2) is 15.5 Å². The summed E-state index contributed by atoms with van der Waals surface area (Å²) >= 11 is 6.00. The van der Waals surface area contributed by atoms with E-state index in [1.54, 1.807) is 6.07 Å². The quantitative estimate of drug-likeness (QED) is 0.828. The van der Waals surface area contributed by atoms with Gasteiger partial charge in [-0.05, 0) is 25.7 Å². The normalized spacial score (nSPS) is 12.6. The smallest absolute Gasteiger partial charge is 0.134 e. The Labute approximate surface area is 115 Å². The molecule has 0 bridgehead atoms. The molecule has 0 saturated carbocycles. The minimum atomic E-state index is -0.0268. The van der Waals surface area contributed by atoms with Crippen LogP contribution in [-0.2, 0) is 6.42 Å². The van der Waals surface area contributed by atoms with Crippen molar-refractivity contribution in [3.63, 3.8) is 0 Å². The lowest BCUT2D eigenvalue weighted by Crippen LogP contribution is -2.35. The summed E-state index contributed by atoms with van der Waals surface area (Å²) < 4.78 is 0. The molecule has 1 N–H and O–H groups in total. The summed E-state index contributed by atoms with van der Waals surface area (Å²) in [4.78, 5) is 8.63. The number of aryl methyl sites for hydroxylation is 1. The maximum atomic E-state index is 6.00. The van der Waals surface area contributed by atoms with E-state index in [1.165, 1.54) is 0 Å². The van der Waals surface area contributed by atoms with Crippen molar-refractivity contribution in [2.24, 2.45) is 5.41 Å². The van der Waals surface area contributed by atoms with Crippen molar-refractivity contribution in [3.8, 4) is 0 Å². The van der Waals surface area contributed by atoms with E-state index >= 15 is 0 Å². The molecule has 18 heavy (non-hydrogen) atoms. The summed E-state index contributed by atoms with van der Waals surface area (Å²) in [5.74, 6) is 1.58. The van der Waals surface area contributed by atoms with E-state index in [0.717, 1.165) is 24.5 Å². The monoisotopic (exact) mass is 269 g/mol. The van der Waals surface area contributed by atoms with Crippen LogP contribution in [0.25, 0.3) is 0 Å². The number of nitrogens with zero attached hydrogens (tertiary/aromatic N) is 2. The standard InChI is InChI=1S/C14H24ClN3/c1-7-11-16-10(15)8-12(17-11)18-14(5,6)9-13(2,3)4/h8H,7,9H2,1-6H3,(H,16,17,18). The summed E-state index contributed by atoms with van der Waals surface area (Å²) in [6.45, 7) is 13.1. The van der Waals surface area contributed by atoms with Crippen LogP contribution < -0.4 is 5.32 Å². The van der Waals surface area contributed by atoms with Gasteiger partial charge in [0.15, 0.2) is 0 Å². The summed E-state index contributed by atoms with van der Waals surface area (Å²) in [6, 6.07) is 1.78. The van der Waals surface area contributed by atoms with E-state index in [0.29, 0.717) is 5.15 Å². The second kappa shape index (κ2) is 5.43. The van der Waals surface area contributed by atoms with Gasteiger partial charge in [0.2, 0.25) is 0 Å². The summed E-state index contributed by atoms with van der Waals surface area (Å²) in [6.07, 6.45) is 1.83. The maximum Gasteiger partial charge on any atom is 0.134 e. The Balaban J connectivity index is 2.86. The highest BCUT2D eigenvalue weighted by Gasteiger charge is 2.25. The number of hydrogen-bond donors (Lipinski definition) is 1. The second-order valence-electron chi connectivity index (χ2n) is 6.59. The molecule has 0 aromatic carbocycles. The van der Waals surface area contributed by atoms with Gasteiger partial charge in [0.25, 0.3) is 0 Å². The van der Waals surface area contributed by atoms with Gasteiger partial charge < -0.3 is 5.32 Å². The molecule has 0 aliphatic rings. The molecular formula is C14H24ClN3. The molecule has 1 aromatic rings. The van der Waals surface area contributed by atoms with E-state index in [2.05, 4.69) is 49.9 Å². The third kappa shape index (κ3) is 5.21. The van der Waals surface area contributed by atoms with E-state index in [-0.39, 0.29) is 11.0 Å². The van der Waals surface area contributed by atoms with Crippen LogP contribution in [0.1, 0.15) is 53.8 Å². The number of aromatic nitrogens is 2. The number of rotatable bonds is 4. The Morgan fingerprint density at radius 2 is 1.78 bits per heavy atom. The molecule has 102 valence electrons. The summed E-state index contributed by atoms with van der Waals surface area (Å²) in [7, 11) is 0. The SMILES string of the molecule is CCc1nc(Cl)cc(NC(C)(C)CC(C)(C)C)n1. The average Bonchev–Trinajstić information content (AvgIpc) is 2.11. The average molecular weight is 270 g/mol. The first-order valence-corrected chi connectivity index (χ1v) is 6.81. The Bertz CT molecular complexity index is 408. The molecule has 0 atom stereocenters. The van der Waals surface area contributed by atoms with Crippen LogP contribution in [0.2, 0.25) is 5.15 Å². The molecule has 1 aromatic heterocycles. The third-order valence-corrected chi connectivity index (χ3v) is 2.69. The van der Waals surface area contributed by atoms with Gasteiger partial charge in [0, 0.05) is 18.0 Å². The van der Waals surface area contributed by atoms with E-state index < -0.39 is 0 Å².